The number of hydrogen-bond donors (Lipinski definition) is 5. The highest BCUT2D eigenvalue weighted by Gasteiger charge is 2.31. The largest absolute Gasteiger partial charge is 0.397 e. The van der Waals surface area contributed by atoms with Gasteiger partial charge in [-0.25, -0.2) is 0 Å². The summed E-state index contributed by atoms with van der Waals surface area (Å²) >= 11 is 6.47. The third kappa shape index (κ3) is 7.25. The summed E-state index contributed by atoms with van der Waals surface area (Å²) in [6, 6.07) is 11.2. The van der Waals surface area contributed by atoms with E-state index < -0.39 is 0 Å². The number of nitrogen functional groups attached to an aromatic ring is 1. The average molecular weight is 536 g/mol. The molecule has 7 heteroatoms. The summed E-state index contributed by atoms with van der Waals surface area (Å²) in [7, 11) is 0. The number of hydrogen-bond acceptors (Lipinski definition) is 5. The molecule has 1 amide bonds. The van der Waals surface area contributed by atoms with Crippen LogP contribution in [-0.2, 0) is 6.54 Å². The van der Waals surface area contributed by atoms with Gasteiger partial charge in [-0.1, -0.05) is 69.9 Å². The molecule has 0 bridgehead atoms. The molecule has 0 heterocycles. The third-order valence-corrected chi connectivity index (χ3v) is 8.46. The number of allylic oxidation sites excluding steroid dienone is 1. The molecular weight excluding hydrogens is 494 g/mol. The summed E-state index contributed by atoms with van der Waals surface area (Å²) in [5, 5.41) is 13.6. The van der Waals surface area contributed by atoms with Crippen molar-refractivity contribution in [3.8, 4) is 0 Å². The Morgan fingerprint density at radius 1 is 0.974 bits per heavy atom. The van der Waals surface area contributed by atoms with Gasteiger partial charge in [0.15, 0.2) is 0 Å². The Hall–Kier alpha value is -3.12. The first-order valence-electron chi connectivity index (χ1n) is 13.9. The molecule has 2 aromatic carbocycles. The fourth-order valence-electron chi connectivity index (χ4n) is 5.56. The van der Waals surface area contributed by atoms with Crippen LogP contribution in [0.4, 0.5) is 17.1 Å². The van der Waals surface area contributed by atoms with Crippen LogP contribution in [0.25, 0.3) is 0 Å². The predicted octanol–water partition coefficient (Wildman–Crippen LogP) is 7.41. The quantitative estimate of drug-likeness (QED) is 0.193. The van der Waals surface area contributed by atoms with E-state index in [2.05, 4.69) is 41.3 Å². The van der Waals surface area contributed by atoms with E-state index >= 15 is 0 Å². The van der Waals surface area contributed by atoms with Gasteiger partial charge in [-0.3, -0.25) is 4.79 Å². The second-order valence-corrected chi connectivity index (χ2v) is 11.6. The van der Waals surface area contributed by atoms with Crippen molar-refractivity contribution in [2.45, 2.75) is 71.3 Å². The number of anilines is 3. The Labute approximate surface area is 232 Å². The van der Waals surface area contributed by atoms with E-state index in [0.717, 1.165) is 23.5 Å². The van der Waals surface area contributed by atoms with E-state index in [1.807, 2.05) is 18.2 Å². The number of nitrogens with one attached hydrogen (secondary N) is 4. The second-order valence-electron chi connectivity index (χ2n) is 11.2. The highest BCUT2D eigenvalue weighted by atomic mass is 35.5. The molecule has 6 nitrogen and oxygen atoms in total. The van der Waals surface area contributed by atoms with Crippen molar-refractivity contribution in [3.05, 3.63) is 77.2 Å². The van der Waals surface area contributed by atoms with Gasteiger partial charge in [-0.05, 0) is 67.5 Å². The summed E-state index contributed by atoms with van der Waals surface area (Å²) in [6.45, 7) is 12.1. The van der Waals surface area contributed by atoms with Gasteiger partial charge in [0.1, 0.15) is 5.82 Å². The maximum absolute atomic E-state index is 12.6. The van der Waals surface area contributed by atoms with Gasteiger partial charge in [0, 0.05) is 29.8 Å². The van der Waals surface area contributed by atoms with Gasteiger partial charge in [0.2, 0.25) is 0 Å². The van der Waals surface area contributed by atoms with Crippen LogP contribution in [-0.4, -0.2) is 12.5 Å². The van der Waals surface area contributed by atoms with Crippen molar-refractivity contribution in [1.82, 2.24) is 10.6 Å². The van der Waals surface area contributed by atoms with Crippen LogP contribution in [0.5, 0.6) is 0 Å². The number of benzene rings is 2. The Balaban J connectivity index is 1.30. The first-order valence-corrected chi connectivity index (χ1v) is 14.2. The van der Waals surface area contributed by atoms with Crippen LogP contribution >= 0.6 is 11.6 Å². The lowest BCUT2D eigenvalue weighted by Crippen LogP contribution is -2.30. The van der Waals surface area contributed by atoms with E-state index in [9.17, 15) is 4.79 Å². The zero-order chi connectivity index (χ0) is 27.1. The van der Waals surface area contributed by atoms with E-state index in [4.69, 9.17) is 17.3 Å². The molecule has 0 unspecified atom stereocenters. The van der Waals surface area contributed by atoms with E-state index in [1.165, 1.54) is 57.8 Å². The Morgan fingerprint density at radius 2 is 1.68 bits per heavy atom. The van der Waals surface area contributed by atoms with Gasteiger partial charge in [0.05, 0.1) is 22.1 Å². The summed E-state index contributed by atoms with van der Waals surface area (Å²) < 4.78 is 0. The van der Waals surface area contributed by atoms with Crippen molar-refractivity contribution in [3.63, 3.8) is 0 Å². The smallest absolute Gasteiger partial charge is 0.251 e. The summed E-state index contributed by atoms with van der Waals surface area (Å²) in [4.78, 5) is 12.6. The normalized spacial score (nSPS) is 17.0. The van der Waals surface area contributed by atoms with Crippen LogP contribution in [0.2, 0.25) is 5.02 Å². The fraction of sp³-hybridized carbons (Fsp3) is 0.452. The zero-order valence-corrected chi connectivity index (χ0v) is 23.4. The Kier molecular flexibility index (Phi) is 9.26. The lowest BCUT2D eigenvalue weighted by Gasteiger charge is -2.27. The number of carbonyl (C=O) groups is 1. The molecule has 0 aliphatic heterocycles. The lowest BCUT2D eigenvalue weighted by atomic mass is 9.85. The van der Waals surface area contributed by atoms with E-state index in [-0.39, 0.29) is 11.3 Å². The van der Waals surface area contributed by atoms with E-state index in [1.54, 1.807) is 18.2 Å². The molecule has 0 radical (unpaired) electrons. The van der Waals surface area contributed by atoms with Crippen molar-refractivity contribution >= 4 is 34.6 Å². The van der Waals surface area contributed by atoms with Gasteiger partial charge in [-0.2, -0.15) is 0 Å². The first kappa shape index (κ1) is 27.9. The zero-order valence-electron chi connectivity index (χ0n) is 22.6. The number of amides is 1. The molecule has 38 heavy (non-hydrogen) atoms. The van der Waals surface area contributed by atoms with Crippen molar-refractivity contribution in [1.29, 1.82) is 0 Å². The minimum atomic E-state index is -0.0902. The number of halogens is 1. The number of carbonyl (C=O) groups excluding carboxylic acids is 1. The van der Waals surface area contributed by atoms with Gasteiger partial charge < -0.3 is 27.0 Å². The molecule has 2 aromatic rings. The maximum atomic E-state index is 12.6. The lowest BCUT2D eigenvalue weighted by molar-refractivity contribution is 0.0943. The minimum absolute atomic E-state index is 0.0902. The summed E-state index contributed by atoms with van der Waals surface area (Å²) in [6.07, 6.45) is 11.1. The topological polar surface area (TPSA) is 91.2 Å². The molecule has 0 atom stereocenters. The van der Waals surface area contributed by atoms with E-state index in [0.29, 0.717) is 40.2 Å². The number of nitrogens with two attached hydrogens (primary N) is 1. The highest BCUT2D eigenvalue weighted by Crippen LogP contribution is 2.42. The molecule has 2 aliphatic carbocycles. The molecule has 2 fully saturated rings. The van der Waals surface area contributed by atoms with Gasteiger partial charge in [-0.15, -0.1) is 0 Å². The van der Waals surface area contributed by atoms with Crippen LogP contribution in [0.15, 0.2) is 61.1 Å². The molecule has 204 valence electrons. The minimum Gasteiger partial charge on any atom is -0.397 e. The average Bonchev–Trinajstić information content (AvgIpc) is 3.37. The van der Waals surface area contributed by atoms with Crippen molar-refractivity contribution in [2.75, 3.05) is 22.9 Å². The maximum Gasteiger partial charge on any atom is 0.251 e. The molecule has 2 aliphatic rings. The summed E-state index contributed by atoms with van der Waals surface area (Å²) in [5.74, 6) is 1.02. The predicted molar refractivity (Wildman–Crippen MR) is 160 cm³/mol. The van der Waals surface area contributed by atoms with Crippen LogP contribution in [0, 0.1) is 11.3 Å². The highest BCUT2D eigenvalue weighted by molar-refractivity contribution is 6.33. The molecule has 0 saturated heterocycles. The molecule has 6 N–H and O–H groups in total. The summed E-state index contributed by atoms with van der Waals surface area (Å²) in [5.41, 5.74) is 11.1. The number of rotatable bonds is 11. The molecule has 0 aromatic heterocycles. The van der Waals surface area contributed by atoms with Crippen LogP contribution in [0.1, 0.15) is 80.6 Å². The standard InChI is InChI=1S/C31H42ClN5O/c1-21(31(3)15-7-8-16-31)34-20-24-11-13-26(32)29(17-24)37-22(2)36-28-14-12-25(18-27(28)33)30(38)35-19-23-9-5-4-6-10-23/h11-14,17-18,23,34,36-37H,1-2,4-10,15-16,19-20,33H2,3H3,(H,35,38). The van der Waals surface area contributed by atoms with Crippen molar-refractivity contribution in [2.24, 2.45) is 11.3 Å². The Bertz CT molecular complexity index is 1160. The van der Waals surface area contributed by atoms with Crippen LogP contribution in [0.3, 0.4) is 0 Å². The SMILES string of the molecule is C=C(Nc1ccc(C(=O)NCC2CCCCC2)cc1N)Nc1cc(CNC(=C)C2(C)CCCC2)ccc1Cl. The third-order valence-electron chi connectivity index (χ3n) is 8.13. The molecule has 4 rings (SSSR count). The first-order chi connectivity index (χ1) is 18.2. The molecule has 0 spiro atoms. The van der Waals surface area contributed by atoms with Gasteiger partial charge >= 0.3 is 0 Å². The van der Waals surface area contributed by atoms with Crippen molar-refractivity contribution < 1.29 is 4.79 Å². The molecular formula is C31H42ClN5O. The second kappa shape index (κ2) is 12.6. The molecule has 2 saturated carbocycles. The Morgan fingerprint density at radius 3 is 2.39 bits per heavy atom. The van der Waals surface area contributed by atoms with Gasteiger partial charge in [0.25, 0.3) is 5.91 Å². The fourth-order valence-corrected chi connectivity index (χ4v) is 5.73. The van der Waals surface area contributed by atoms with Crippen LogP contribution < -0.4 is 27.0 Å². The monoisotopic (exact) mass is 535 g/mol.